The number of nitrogens with two attached hydrogens (primary N) is 1. The number of tetrazole rings is 2. The van der Waals surface area contributed by atoms with E-state index < -0.39 is 12.1 Å². The summed E-state index contributed by atoms with van der Waals surface area (Å²) in [6, 6.07) is 46.5. The van der Waals surface area contributed by atoms with Crippen molar-refractivity contribution in [2.75, 3.05) is 11.1 Å². The van der Waals surface area contributed by atoms with Crippen LogP contribution >= 0.6 is 0 Å². The molecular weight excluding hydrogens is 1060 g/mol. The Hall–Kier alpha value is -10.5. The molecular formula is C64H62N14O6. The van der Waals surface area contributed by atoms with E-state index in [1.807, 2.05) is 137 Å². The Morgan fingerprint density at radius 2 is 1.08 bits per heavy atom. The van der Waals surface area contributed by atoms with Gasteiger partial charge in [-0.15, -0.1) is 15.0 Å². The van der Waals surface area contributed by atoms with Gasteiger partial charge in [0.25, 0.3) is 11.9 Å². The summed E-state index contributed by atoms with van der Waals surface area (Å²) in [5.74, 6) is 2.68. The second kappa shape index (κ2) is 23.9. The average Bonchev–Trinajstić information content (AvgIpc) is 3.70. The maximum absolute atomic E-state index is 13.4. The maximum Gasteiger partial charge on any atom is 0.264 e. The molecule has 0 radical (unpaired) electrons. The lowest BCUT2D eigenvalue weighted by molar-refractivity contribution is -0.121. The first-order valence-corrected chi connectivity index (χ1v) is 27.4. The third kappa shape index (κ3) is 12.1. The summed E-state index contributed by atoms with van der Waals surface area (Å²) < 4.78 is 23.3. The Morgan fingerprint density at radius 1 is 0.571 bits per heavy atom. The van der Waals surface area contributed by atoms with E-state index in [2.05, 4.69) is 126 Å². The van der Waals surface area contributed by atoms with Crippen LogP contribution in [0.15, 0.2) is 163 Å². The number of carbonyl (C=O) groups is 2. The highest BCUT2D eigenvalue weighted by Gasteiger charge is 2.31. The number of aryl methyl sites for hydroxylation is 8. The van der Waals surface area contributed by atoms with Crippen LogP contribution in [-0.4, -0.2) is 63.0 Å². The van der Waals surface area contributed by atoms with Crippen LogP contribution in [0.5, 0.6) is 0 Å². The van der Waals surface area contributed by atoms with Gasteiger partial charge in [-0.05, 0) is 147 Å². The standard InChI is InChI=1S/2C32H31N7O3/c1-18-10-12-25(19(2)14-18)30(23-8-6-5-7-9-23)34-28(40)16-22-11-13-26-24(15-22)17-27(41-26)31(39-36-32(33)35-38-39)29-20(3)37-42-21(29)4;1-18-10-12-25(19(2)14-18)30(23-8-6-5-7-9-23)33-28(40)16-22-11-13-26-24(15-22)17-27(41-26)31(34-32-35-38-39-36-32)29-20(3)37-42-21(29)4/h5-15,17,30-31H,16H2,1-4H3,(H2,33,36)(H,34,40);5-15,17,30-31H,16H2,1-4H3,(H,33,40)(H2,34,35,36,38,39). The lowest BCUT2D eigenvalue weighted by atomic mass is 9.93. The molecule has 0 spiro atoms. The van der Waals surface area contributed by atoms with Crippen molar-refractivity contribution in [2.45, 2.75) is 92.4 Å². The molecule has 0 bridgehead atoms. The van der Waals surface area contributed by atoms with Crippen LogP contribution in [0.3, 0.4) is 0 Å². The maximum atomic E-state index is 13.4. The van der Waals surface area contributed by atoms with Gasteiger partial charge in [0.1, 0.15) is 40.2 Å². The summed E-state index contributed by atoms with van der Waals surface area (Å²) >= 11 is 0. The van der Waals surface area contributed by atoms with Gasteiger partial charge in [0.2, 0.25) is 11.8 Å². The van der Waals surface area contributed by atoms with Gasteiger partial charge in [-0.2, -0.15) is 5.21 Å². The highest BCUT2D eigenvalue weighted by Crippen LogP contribution is 2.37. The number of benzene rings is 6. The molecule has 6 N–H and O–H groups in total. The molecule has 0 saturated heterocycles. The molecule has 424 valence electrons. The van der Waals surface area contributed by atoms with Crippen LogP contribution in [-0.2, 0) is 22.4 Å². The summed E-state index contributed by atoms with van der Waals surface area (Å²) in [5.41, 5.74) is 20.7. The number of fused-ring (bicyclic) bond motifs is 2. The van der Waals surface area contributed by atoms with E-state index in [9.17, 15) is 9.59 Å². The lowest BCUT2D eigenvalue weighted by Gasteiger charge is -2.22. The van der Waals surface area contributed by atoms with E-state index in [-0.39, 0.29) is 42.7 Å². The van der Waals surface area contributed by atoms with E-state index in [0.717, 1.165) is 72.1 Å². The van der Waals surface area contributed by atoms with Crippen molar-refractivity contribution in [2.24, 2.45) is 0 Å². The zero-order valence-electron chi connectivity index (χ0n) is 47.6. The highest BCUT2D eigenvalue weighted by atomic mass is 16.5. The minimum Gasteiger partial charge on any atom is -0.458 e. The summed E-state index contributed by atoms with van der Waals surface area (Å²) in [5, 5.41) is 46.0. The summed E-state index contributed by atoms with van der Waals surface area (Å²) in [7, 11) is 0. The van der Waals surface area contributed by atoms with E-state index in [0.29, 0.717) is 45.8 Å². The summed E-state index contributed by atoms with van der Waals surface area (Å²) in [4.78, 5) is 28.2. The predicted octanol–water partition coefficient (Wildman–Crippen LogP) is 11.1. The number of rotatable bonds is 17. The second-order valence-corrected chi connectivity index (χ2v) is 21.1. The van der Waals surface area contributed by atoms with Gasteiger partial charge in [-0.1, -0.05) is 141 Å². The molecule has 0 aliphatic carbocycles. The van der Waals surface area contributed by atoms with Gasteiger partial charge in [-0.3, -0.25) is 9.59 Å². The Balaban J connectivity index is 0.000000175. The molecule has 0 aliphatic rings. The molecule has 6 aromatic carbocycles. The number of hydrogen-bond donors (Lipinski definition) is 5. The van der Waals surface area contributed by atoms with Crippen molar-refractivity contribution in [1.82, 2.24) is 61.8 Å². The van der Waals surface area contributed by atoms with E-state index in [1.54, 1.807) is 0 Å². The van der Waals surface area contributed by atoms with E-state index in [4.69, 9.17) is 23.6 Å². The van der Waals surface area contributed by atoms with Crippen molar-refractivity contribution in [1.29, 1.82) is 0 Å². The first-order chi connectivity index (χ1) is 40.6. The molecule has 84 heavy (non-hydrogen) atoms. The number of nitrogen functional groups attached to an aromatic ring is 1. The molecule has 0 aliphatic heterocycles. The SMILES string of the molecule is Cc1ccc(C(NC(=O)Cc2ccc3oc(C(Nc4nn[nH]n4)c4c(C)noc4C)cc3c2)c2ccccc2)c(C)c1.Cc1ccc(C(NC(=O)Cc2ccc3oc(C(c4c(C)noc4C)n4nnc(N)n4)cc3c2)c2ccccc2)c(C)c1. The number of carbonyl (C=O) groups excluding carboxylic acids is 2. The van der Waals surface area contributed by atoms with Gasteiger partial charge in [0, 0.05) is 16.3 Å². The Bertz CT molecular complexity index is 4240. The number of hydrogen-bond acceptors (Lipinski definition) is 16. The lowest BCUT2D eigenvalue weighted by Crippen LogP contribution is -2.31. The van der Waals surface area contributed by atoms with Crippen molar-refractivity contribution < 1.29 is 27.5 Å². The minimum atomic E-state index is -0.579. The van der Waals surface area contributed by atoms with Crippen LogP contribution < -0.4 is 21.7 Å². The number of aromatic nitrogens is 10. The number of nitrogens with zero attached hydrogens (tertiary/aromatic N) is 9. The molecule has 20 nitrogen and oxygen atoms in total. The molecule has 20 heteroatoms. The van der Waals surface area contributed by atoms with Crippen molar-refractivity contribution in [3.63, 3.8) is 0 Å². The van der Waals surface area contributed by atoms with Gasteiger partial charge in [-0.25, -0.2) is 0 Å². The normalized spacial score (nSPS) is 12.8. The number of aromatic amines is 1. The Morgan fingerprint density at radius 3 is 1.55 bits per heavy atom. The minimum absolute atomic E-state index is 0.0470. The molecule has 0 saturated carbocycles. The quantitative estimate of drug-likeness (QED) is 0.0567. The number of furan rings is 2. The fourth-order valence-electron chi connectivity index (χ4n) is 10.9. The summed E-state index contributed by atoms with van der Waals surface area (Å²) in [6.45, 7) is 15.7. The Labute approximate surface area is 483 Å². The van der Waals surface area contributed by atoms with Crippen molar-refractivity contribution >= 4 is 45.6 Å². The van der Waals surface area contributed by atoms with Crippen LogP contribution in [0.1, 0.15) is 125 Å². The first kappa shape index (κ1) is 55.4. The molecule has 4 unspecified atom stereocenters. The molecule has 4 atom stereocenters. The topological polar surface area (TPSA) is 273 Å². The molecule has 6 heterocycles. The summed E-state index contributed by atoms with van der Waals surface area (Å²) in [6.07, 6.45) is 0.429. The van der Waals surface area contributed by atoms with Crippen LogP contribution in [0.4, 0.5) is 11.9 Å². The molecule has 0 fully saturated rings. The molecule has 6 aromatic heterocycles. The fraction of sp³-hybridized carbons (Fsp3) is 0.219. The van der Waals surface area contributed by atoms with Gasteiger partial charge in [0.15, 0.2) is 6.04 Å². The third-order valence-corrected chi connectivity index (χ3v) is 14.9. The van der Waals surface area contributed by atoms with Crippen LogP contribution in [0.25, 0.3) is 21.9 Å². The van der Waals surface area contributed by atoms with Crippen LogP contribution in [0, 0.1) is 55.4 Å². The number of nitrogens with one attached hydrogen (secondary N) is 4. The van der Waals surface area contributed by atoms with Crippen molar-refractivity contribution in [3.05, 3.63) is 247 Å². The third-order valence-electron chi connectivity index (χ3n) is 14.9. The largest absolute Gasteiger partial charge is 0.458 e. The first-order valence-electron chi connectivity index (χ1n) is 27.4. The number of amides is 2. The predicted molar refractivity (Wildman–Crippen MR) is 316 cm³/mol. The van der Waals surface area contributed by atoms with Gasteiger partial charge < -0.3 is 39.6 Å². The zero-order valence-corrected chi connectivity index (χ0v) is 47.6. The fourth-order valence-corrected chi connectivity index (χ4v) is 10.9. The highest BCUT2D eigenvalue weighted by molar-refractivity contribution is 5.85. The van der Waals surface area contributed by atoms with E-state index >= 15 is 0 Å². The Kier molecular flexibility index (Phi) is 15.8. The monoisotopic (exact) mass is 1120 g/mol. The van der Waals surface area contributed by atoms with E-state index in [1.165, 1.54) is 15.9 Å². The average molecular weight is 1120 g/mol. The van der Waals surface area contributed by atoms with Gasteiger partial charge >= 0.3 is 0 Å². The second-order valence-electron chi connectivity index (χ2n) is 21.1. The number of anilines is 2. The van der Waals surface area contributed by atoms with Gasteiger partial charge in [0.05, 0.1) is 41.9 Å². The smallest absolute Gasteiger partial charge is 0.264 e. The zero-order chi connectivity index (χ0) is 58.6. The molecule has 12 rings (SSSR count). The van der Waals surface area contributed by atoms with Crippen molar-refractivity contribution in [3.8, 4) is 0 Å². The molecule has 2 amide bonds. The molecule has 12 aromatic rings. The number of H-pyrrole nitrogens is 1. The van der Waals surface area contributed by atoms with Crippen LogP contribution in [0.2, 0.25) is 0 Å².